The Morgan fingerprint density at radius 2 is 1.96 bits per heavy atom. The predicted octanol–water partition coefficient (Wildman–Crippen LogP) is 2.73. The normalized spacial score (nSPS) is 14.4. The molecule has 0 unspecified atom stereocenters. The number of aliphatic hydroxyl groups is 1. The summed E-state index contributed by atoms with van der Waals surface area (Å²) < 4.78 is 5.54. The number of hydrogen-bond acceptors (Lipinski definition) is 5. The maximum absolute atomic E-state index is 12.6. The second kappa shape index (κ2) is 7.07. The Morgan fingerprint density at radius 3 is 2.69 bits per heavy atom. The standard InChI is InChI=1S/C19H18ClN3O3/c20-13-3-1-12(2-4-13)18-21-17-7-8-23(10-16(17)19(25)22-18)9-14-5-6-15(11-24)26-14/h1-6,24H,7-11H2,(H,21,22,25). The van der Waals surface area contributed by atoms with E-state index in [4.69, 9.17) is 21.1 Å². The molecule has 0 saturated carbocycles. The fourth-order valence-corrected chi connectivity index (χ4v) is 3.30. The quantitative estimate of drug-likeness (QED) is 0.736. The minimum Gasteiger partial charge on any atom is -0.462 e. The number of nitrogens with one attached hydrogen (secondary N) is 1. The molecule has 2 aromatic heterocycles. The van der Waals surface area contributed by atoms with Crippen molar-refractivity contribution >= 4 is 11.6 Å². The lowest BCUT2D eigenvalue weighted by Crippen LogP contribution is -2.35. The fraction of sp³-hybridized carbons (Fsp3) is 0.263. The molecule has 3 aromatic rings. The van der Waals surface area contributed by atoms with E-state index in [-0.39, 0.29) is 12.2 Å². The van der Waals surface area contributed by atoms with Crippen LogP contribution in [-0.4, -0.2) is 26.5 Å². The van der Waals surface area contributed by atoms with Crippen LogP contribution >= 0.6 is 11.6 Å². The first-order valence-electron chi connectivity index (χ1n) is 8.41. The number of furan rings is 1. The Hall–Kier alpha value is -2.41. The van der Waals surface area contributed by atoms with E-state index in [2.05, 4.69) is 14.9 Å². The Balaban J connectivity index is 1.56. The van der Waals surface area contributed by atoms with Gasteiger partial charge >= 0.3 is 0 Å². The highest BCUT2D eigenvalue weighted by molar-refractivity contribution is 6.30. The molecule has 0 bridgehead atoms. The van der Waals surface area contributed by atoms with Crippen LogP contribution in [0.1, 0.15) is 22.8 Å². The minimum atomic E-state index is -0.111. The molecule has 134 valence electrons. The van der Waals surface area contributed by atoms with E-state index in [1.54, 1.807) is 18.2 Å². The monoisotopic (exact) mass is 371 g/mol. The molecule has 26 heavy (non-hydrogen) atoms. The van der Waals surface area contributed by atoms with Gasteiger partial charge in [0, 0.05) is 30.1 Å². The Kier molecular flexibility index (Phi) is 4.63. The summed E-state index contributed by atoms with van der Waals surface area (Å²) in [7, 11) is 0. The van der Waals surface area contributed by atoms with Crippen molar-refractivity contribution in [3.05, 3.63) is 74.6 Å². The number of aromatic amines is 1. The van der Waals surface area contributed by atoms with Crippen LogP contribution in [0.3, 0.4) is 0 Å². The zero-order valence-electron chi connectivity index (χ0n) is 14.0. The molecule has 4 rings (SSSR count). The molecule has 0 spiro atoms. The molecule has 2 N–H and O–H groups in total. The molecular weight excluding hydrogens is 354 g/mol. The summed E-state index contributed by atoms with van der Waals surface area (Å²) >= 11 is 5.92. The molecular formula is C19H18ClN3O3. The van der Waals surface area contributed by atoms with Crippen LogP contribution in [0.2, 0.25) is 5.02 Å². The third-order valence-corrected chi connectivity index (χ3v) is 4.77. The maximum atomic E-state index is 12.6. The van der Waals surface area contributed by atoms with Crippen LogP contribution in [-0.2, 0) is 26.1 Å². The predicted molar refractivity (Wildman–Crippen MR) is 97.8 cm³/mol. The van der Waals surface area contributed by atoms with Gasteiger partial charge in [-0.05, 0) is 36.4 Å². The van der Waals surface area contributed by atoms with E-state index in [0.29, 0.717) is 41.7 Å². The second-order valence-electron chi connectivity index (χ2n) is 6.33. The third kappa shape index (κ3) is 3.44. The molecule has 0 atom stereocenters. The van der Waals surface area contributed by atoms with Crippen LogP contribution in [0.4, 0.5) is 0 Å². The topological polar surface area (TPSA) is 82.4 Å². The average molecular weight is 372 g/mol. The summed E-state index contributed by atoms with van der Waals surface area (Å²) in [6.45, 7) is 1.80. The Morgan fingerprint density at radius 1 is 1.19 bits per heavy atom. The Bertz CT molecular complexity index is 978. The molecule has 1 aliphatic rings. The smallest absolute Gasteiger partial charge is 0.255 e. The first kappa shape index (κ1) is 17.0. The van der Waals surface area contributed by atoms with E-state index in [1.165, 1.54) is 0 Å². The summed E-state index contributed by atoms with van der Waals surface area (Å²) in [4.78, 5) is 22.2. The highest BCUT2D eigenvalue weighted by Gasteiger charge is 2.22. The van der Waals surface area contributed by atoms with Gasteiger partial charge < -0.3 is 14.5 Å². The number of halogens is 1. The largest absolute Gasteiger partial charge is 0.462 e. The molecule has 0 fully saturated rings. The fourth-order valence-electron chi connectivity index (χ4n) is 3.17. The Labute approximate surface area is 155 Å². The van der Waals surface area contributed by atoms with Crippen LogP contribution in [0, 0.1) is 0 Å². The van der Waals surface area contributed by atoms with Crippen LogP contribution in [0.15, 0.2) is 45.6 Å². The highest BCUT2D eigenvalue weighted by atomic mass is 35.5. The van der Waals surface area contributed by atoms with Gasteiger partial charge in [0.2, 0.25) is 0 Å². The summed E-state index contributed by atoms with van der Waals surface area (Å²) in [5, 5.41) is 9.74. The molecule has 1 aromatic carbocycles. The van der Waals surface area contributed by atoms with Crippen molar-refractivity contribution in [3.63, 3.8) is 0 Å². The van der Waals surface area contributed by atoms with Gasteiger partial charge in [-0.2, -0.15) is 0 Å². The van der Waals surface area contributed by atoms with Gasteiger partial charge in [-0.25, -0.2) is 4.98 Å². The van der Waals surface area contributed by atoms with Gasteiger partial charge in [0.15, 0.2) is 0 Å². The van der Waals surface area contributed by atoms with Crippen LogP contribution in [0.25, 0.3) is 11.4 Å². The van der Waals surface area contributed by atoms with Gasteiger partial charge in [0.05, 0.1) is 17.8 Å². The van der Waals surface area contributed by atoms with Crippen molar-refractivity contribution in [3.8, 4) is 11.4 Å². The van der Waals surface area contributed by atoms with E-state index < -0.39 is 0 Å². The maximum Gasteiger partial charge on any atom is 0.255 e. The van der Waals surface area contributed by atoms with Gasteiger partial charge in [0.25, 0.3) is 5.56 Å². The minimum absolute atomic E-state index is 0.111. The van der Waals surface area contributed by atoms with E-state index in [1.807, 2.05) is 18.2 Å². The van der Waals surface area contributed by atoms with Crippen molar-refractivity contribution in [1.82, 2.24) is 14.9 Å². The first-order valence-corrected chi connectivity index (χ1v) is 8.79. The summed E-state index contributed by atoms with van der Waals surface area (Å²) in [6, 6.07) is 10.9. The zero-order valence-corrected chi connectivity index (χ0v) is 14.8. The van der Waals surface area contributed by atoms with Crippen molar-refractivity contribution in [1.29, 1.82) is 0 Å². The zero-order chi connectivity index (χ0) is 18.1. The van der Waals surface area contributed by atoms with Crippen LogP contribution in [0.5, 0.6) is 0 Å². The summed E-state index contributed by atoms with van der Waals surface area (Å²) in [6.07, 6.45) is 0.702. The molecule has 0 aliphatic carbocycles. The molecule has 6 nitrogen and oxygen atoms in total. The molecule has 0 saturated heterocycles. The number of rotatable bonds is 4. The first-order chi connectivity index (χ1) is 12.6. The second-order valence-corrected chi connectivity index (χ2v) is 6.77. The summed E-state index contributed by atoms with van der Waals surface area (Å²) in [5.41, 5.74) is 2.26. The van der Waals surface area contributed by atoms with E-state index >= 15 is 0 Å². The van der Waals surface area contributed by atoms with Gasteiger partial charge in [-0.1, -0.05) is 11.6 Å². The molecule has 0 radical (unpaired) electrons. The lowest BCUT2D eigenvalue weighted by atomic mass is 10.1. The number of benzene rings is 1. The number of H-pyrrole nitrogens is 1. The van der Waals surface area contributed by atoms with Crippen LogP contribution < -0.4 is 5.56 Å². The van der Waals surface area contributed by atoms with Gasteiger partial charge in [-0.3, -0.25) is 9.69 Å². The lowest BCUT2D eigenvalue weighted by molar-refractivity contribution is 0.206. The summed E-state index contributed by atoms with van der Waals surface area (Å²) in [5.74, 6) is 1.89. The lowest BCUT2D eigenvalue weighted by Gasteiger charge is -2.26. The highest BCUT2D eigenvalue weighted by Crippen LogP contribution is 2.21. The number of aromatic nitrogens is 2. The van der Waals surface area contributed by atoms with E-state index in [9.17, 15) is 4.79 Å². The SMILES string of the molecule is O=c1[nH]c(-c2ccc(Cl)cc2)nc2c1CN(Cc1ccc(CO)o1)CC2. The van der Waals surface area contributed by atoms with E-state index in [0.717, 1.165) is 23.6 Å². The molecule has 0 amide bonds. The van der Waals surface area contributed by atoms with Gasteiger partial charge in [-0.15, -0.1) is 0 Å². The van der Waals surface area contributed by atoms with Crippen molar-refractivity contribution in [2.75, 3.05) is 6.54 Å². The average Bonchev–Trinajstić information content (AvgIpc) is 3.10. The van der Waals surface area contributed by atoms with Gasteiger partial charge in [0.1, 0.15) is 24.0 Å². The molecule has 1 aliphatic heterocycles. The van der Waals surface area contributed by atoms with Crippen molar-refractivity contribution in [2.24, 2.45) is 0 Å². The van der Waals surface area contributed by atoms with Crippen molar-refractivity contribution in [2.45, 2.75) is 26.1 Å². The molecule has 3 heterocycles. The molecule has 7 heteroatoms. The number of fused-ring (bicyclic) bond motifs is 1. The van der Waals surface area contributed by atoms with Crippen molar-refractivity contribution < 1.29 is 9.52 Å². The number of aliphatic hydroxyl groups excluding tert-OH is 1. The third-order valence-electron chi connectivity index (χ3n) is 4.52. The number of nitrogens with zero attached hydrogens (tertiary/aromatic N) is 2. The number of hydrogen-bond donors (Lipinski definition) is 2.